The number of anilines is 2. The molecule has 33 heavy (non-hydrogen) atoms. The Morgan fingerprint density at radius 3 is 2.18 bits per heavy atom. The van der Waals surface area contributed by atoms with Gasteiger partial charge >= 0.3 is 0 Å². The van der Waals surface area contributed by atoms with Gasteiger partial charge in [0.25, 0.3) is 15.9 Å². The molecule has 0 saturated heterocycles. The molecule has 0 heterocycles. The van der Waals surface area contributed by atoms with Gasteiger partial charge in [-0.3, -0.25) is 9.52 Å². The fraction of sp³-hybridized carbons (Fsp3) is 0.240. The van der Waals surface area contributed by atoms with Crippen molar-refractivity contribution in [1.82, 2.24) is 0 Å². The Balaban J connectivity index is 1.64. The lowest BCUT2D eigenvalue weighted by molar-refractivity contribution is -0.122. The van der Waals surface area contributed by atoms with E-state index in [-0.39, 0.29) is 10.8 Å². The Hall–Kier alpha value is -3.52. The number of ether oxygens (including phenoxy) is 2. The Morgan fingerprint density at radius 1 is 0.909 bits per heavy atom. The number of amides is 1. The Bertz CT molecular complexity index is 1180. The van der Waals surface area contributed by atoms with Crippen molar-refractivity contribution in [3.05, 3.63) is 78.4 Å². The van der Waals surface area contributed by atoms with E-state index in [9.17, 15) is 13.2 Å². The molecule has 0 aliphatic heterocycles. The number of rotatable bonds is 10. The largest absolute Gasteiger partial charge is 0.494 e. The van der Waals surface area contributed by atoms with Gasteiger partial charge in [0, 0.05) is 11.4 Å². The van der Waals surface area contributed by atoms with Crippen molar-refractivity contribution in [3.8, 4) is 11.5 Å². The van der Waals surface area contributed by atoms with E-state index in [2.05, 4.69) is 10.0 Å². The van der Waals surface area contributed by atoms with Crippen LogP contribution in [0.25, 0.3) is 0 Å². The lowest BCUT2D eigenvalue weighted by atomic mass is 10.2. The smallest absolute Gasteiger partial charge is 0.265 e. The van der Waals surface area contributed by atoms with Crippen molar-refractivity contribution in [2.75, 3.05) is 16.6 Å². The van der Waals surface area contributed by atoms with E-state index < -0.39 is 16.1 Å². The highest BCUT2D eigenvalue weighted by molar-refractivity contribution is 7.92. The third-order valence-corrected chi connectivity index (χ3v) is 6.18. The molecule has 0 fully saturated rings. The lowest BCUT2D eigenvalue weighted by Gasteiger charge is -2.18. The summed E-state index contributed by atoms with van der Waals surface area (Å²) in [6, 6.07) is 20.1. The minimum absolute atomic E-state index is 0.0810. The van der Waals surface area contributed by atoms with Crippen molar-refractivity contribution in [3.63, 3.8) is 0 Å². The second-order valence-electron chi connectivity index (χ2n) is 7.41. The number of sulfonamides is 1. The van der Waals surface area contributed by atoms with Gasteiger partial charge in [-0.1, -0.05) is 19.1 Å². The van der Waals surface area contributed by atoms with E-state index >= 15 is 0 Å². The molecular weight excluding hydrogens is 440 g/mol. The minimum atomic E-state index is -3.78. The molecule has 0 bridgehead atoms. The number of hydrogen-bond acceptors (Lipinski definition) is 5. The van der Waals surface area contributed by atoms with Crippen LogP contribution in [0.4, 0.5) is 11.4 Å². The third kappa shape index (κ3) is 6.73. The second kappa shape index (κ2) is 10.9. The molecule has 0 aliphatic carbocycles. The normalized spacial score (nSPS) is 12.0. The highest BCUT2D eigenvalue weighted by atomic mass is 32.2. The fourth-order valence-corrected chi connectivity index (χ4v) is 4.17. The molecular formula is C25H28N2O5S. The van der Waals surface area contributed by atoms with E-state index in [0.29, 0.717) is 35.9 Å². The van der Waals surface area contributed by atoms with Crippen LogP contribution in [0.2, 0.25) is 0 Å². The van der Waals surface area contributed by atoms with Gasteiger partial charge in [-0.15, -0.1) is 0 Å². The Labute approximate surface area is 194 Å². The predicted molar refractivity (Wildman–Crippen MR) is 129 cm³/mol. The van der Waals surface area contributed by atoms with Crippen LogP contribution in [0.15, 0.2) is 77.7 Å². The van der Waals surface area contributed by atoms with Crippen LogP contribution in [0.1, 0.15) is 25.8 Å². The molecule has 174 valence electrons. The van der Waals surface area contributed by atoms with Crippen LogP contribution in [0.3, 0.4) is 0 Å². The summed E-state index contributed by atoms with van der Waals surface area (Å²) in [5.74, 6) is 0.984. The average molecular weight is 469 g/mol. The summed E-state index contributed by atoms with van der Waals surface area (Å²) in [6.07, 6.45) is -0.186. The first-order valence-corrected chi connectivity index (χ1v) is 12.2. The van der Waals surface area contributed by atoms with Crippen molar-refractivity contribution < 1.29 is 22.7 Å². The number of carbonyl (C=O) groups is 1. The van der Waals surface area contributed by atoms with Crippen molar-refractivity contribution in [2.24, 2.45) is 0 Å². The first-order valence-electron chi connectivity index (χ1n) is 10.7. The maximum Gasteiger partial charge on any atom is 0.265 e. The molecule has 2 N–H and O–H groups in total. The van der Waals surface area contributed by atoms with Crippen molar-refractivity contribution >= 4 is 27.3 Å². The van der Waals surface area contributed by atoms with Gasteiger partial charge in [0.1, 0.15) is 11.5 Å². The highest BCUT2D eigenvalue weighted by Crippen LogP contribution is 2.21. The zero-order valence-corrected chi connectivity index (χ0v) is 19.7. The van der Waals surface area contributed by atoms with E-state index in [0.717, 1.165) is 5.56 Å². The molecule has 8 heteroatoms. The highest BCUT2D eigenvalue weighted by Gasteiger charge is 2.19. The minimum Gasteiger partial charge on any atom is -0.494 e. The summed E-state index contributed by atoms with van der Waals surface area (Å²) >= 11 is 0. The van der Waals surface area contributed by atoms with Crippen molar-refractivity contribution in [1.29, 1.82) is 0 Å². The molecule has 0 aliphatic rings. The number of carbonyl (C=O) groups excluding carboxylic acids is 1. The predicted octanol–water partition coefficient (Wildman–Crippen LogP) is 4.99. The van der Waals surface area contributed by atoms with E-state index in [1.165, 1.54) is 12.1 Å². The first-order chi connectivity index (χ1) is 15.8. The summed E-state index contributed by atoms with van der Waals surface area (Å²) in [4.78, 5) is 12.7. The summed E-state index contributed by atoms with van der Waals surface area (Å²) in [5.41, 5.74) is 1.94. The zero-order valence-electron chi connectivity index (χ0n) is 18.9. The number of benzene rings is 3. The van der Waals surface area contributed by atoms with Gasteiger partial charge in [-0.2, -0.15) is 0 Å². The lowest BCUT2D eigenvalue weighted by Crippen LogP contribution is -2.32. The maximum absolute atomic E-state index is 12.7. The van der Waals surface area contributed by atoms with Gasteiger partial charge in [0.2, 0.25) is 0 Å². The van der Waals surface area contributed by atoms with E-state index in [1.807, 2.05) is 39.0 Å². The molecule has 3 rings (SSSR count). The summed E-state index contributed by atoms with van der Waals surface area (Å²) < 4.78 is 39.1. The van der Waals surface area contributed by atoms with Crippen molar-refractivity contribution in [2.45, 2.75) is 38.2 Å². The Morgan fingerprint density at radius 2 is 1.58 bits per heavy atom. The molecule has 0 spiro atoms. The monoisotopic (exact) mass is 468 g/mol. The third-order valence-electron chi connectivity index (χ3n) is 4.78. The summed E-state index contributed by atoms with van der Waals surface area (Å²) in [6.45, 7) is 6.23. The summed E-state index contributed by atoms with van der Waals surface area (Å²) in [7, 11) is -3.78. The molecule has 0 saturated carbocycles. The number of hydrogen-bond donors (Lipinski definition) is 2. The topological polar surface area (TPSA) is 93.7 Å². The van der Waals surface area contributed by atoms with E-state index in [4.69, 9.17) is 9.47 Å². The van der Waals surface area contributed by atoms with Gasteiger partial charge in [0.15, 0.2) is 6.10 Å². The first kappa shape index (κ1) is 24.1. The quantitative estimate of drug-likeness (QED) is 0.437. The van der Waals surface area contributed by atoms with E-state index in [1.54, 1.807) is 42.5 Å². The van der Waals surface area contributed by atoms with Gasteiger partial charge < -0.3 is 14.8 Å². The molecule has 1 amide bonds. The molecule has 0 aromatic heterocycles. The van der Waals surface area contributed by atoms with Crippen LogP contribution >= 0.6 is 0 Å². The molecule has 3 aromatic rings. The SMILES string of the molecule is CCOc1ccc(NS(=O)(=O)c2ccc(NC(=O)[C@H](CC)Oc3cccc(C)c3)cc2)cc1. The van der Waals surface area contributed by atoms with Crippen LogP contribution in [-0.4, -0.2) is 27.0 Å². The fourth-order valence-electron chi connectivity index (χ4n) is 3.12. The molecule has 7 nitrogen and oxygen atoms in total. The second-order valence-corrected chi connectivity index (χ2v) is 9.09. The van der Waals surface area contributed by atoms with Crippen LogP contribution in [0, 0.1) is 6.92 Å². The molecule has 0 unspecified atom stereocenters. The molecule has 3 aromatic carbocycles. The average Bonchev–Trinajstić information content (AvgIpc) is 2.79. The zero-order chi connectivity index (χ0) is 23.8. The van der Waals surface area contributed by atoms with Crippen LogP contribution in [-0.2, 0) is 14.8 Å². The Kier molecular flexibility index (Phi) is 7.95. The summed E-state index contributed by atoms with van der Waals surface area (Å²) in [5, 5.41) is 2.78. The molecule has 1 atom stereocenters. The number of nitrogens with one attached hydrogen (secondary N) is 2. The number of aryl methyl sites for hydroxylation is 1. The van der Waals surface area contributed by atoms with Gasteiger partial charge in [0.05, 0.1) is 11.5 Å². The maximum atomic E-state index is 12.7. The van der Waals surface area contributed by atoms with Gasteiger partial charge in [-0.25, -0.2) is 8.42 Å². The van der Waals surface area contributed by atoms with Crippen LogP contribution < -0.4 is 19.5 Å². The van der Waals surface area contributed by atoms with Gasteiger partial charge in [-0.05, 0) is 86.5 Å². The molecule has 0 radical (unpaired) electrons. The standard InChI is InChI=1S/C25H28N2O5S/c1-4-24(32-22-8-6-7-18(3)17-22)25(28)26-19-11-15-23(16-12-19)33(29,30)27-20-9-13-21(14-10-20)31-5-2/h6-17,24,27H,4-5H2,1-3H3,(H,26,28)/t24-/m0/s1. The van der Waals surface area contributed by atoms with Crippen LogP contribution in [0.5, 0.6) is 11.5 Å².